The maximum atomic E-state index is 12.3. The first-order valence-corrected chi connectivity index (χ1v) is 10.4. The molecule has 2 N–H and O–H groups in total. The van der Waals surface area contributed by atoms with E-state index in [9.17, 15) is 9.59 Å². The number of hydrazine groups is 1. The Morgan fingerprint density at radius 1 is 1.17 bits per heavy atom. The zero-order chi connectivity index (χ0) is 20.2. The van der Waals surface area contributed by atoms with Crippen LogP contribution < -0.4 is 15.8 Å². The Morgan fingerprint density at radius 3 is 2.83 bits per heavy atom. The number of fused-ring (bicyclic) bond motifs is 1. The lowest BCUT2D eigenvalue weighted by molar-refractivity contribution is -0.127. The molecule has 3 aromatic rings. The van der Waals surface area contributed by atoms with E-state index >= 15 is 0 Å². The van der Waals surface area contributed by atoms with Crippen molar-refractivity contribution in [2.75, 3.05) is 18.0 Å². The standard InChI is InChI=1S/C21H22N4O3S/c1-14-8-9-18(28-14)21-22-16(13-29-21)11-19(26)23-24-20(27)12-25-10-4-6-15-5-2-3-7-17(15)25/h2-3,5,7-9,13H,4,6,10-12H2,1H3,(H,23,26)(H,24,27). The molecule has 0 fully saturated rings. The molecule has 150 valence electrons. The van der Waals surface area contributed by atoms with Gasteiger partial charge in [0.25, 0.3) is 5.91 Å². The summed E-state index contributed by atoms with van der Waals surface area (Å²) in [5.74, 6) is 0.938. The van der Waals surface area contributed by atoms with Gasteiger partial charge in [-0.25, -0.2) is 4.98 Å². The summed E-state index contributed by atoms with van der Waals surface area (Å²) in [6.07, 6.45) is 2.12. The summed E-state index contributed by atoms with van der Waals surface area (Å²) in [6, 6.07) is 11.8. The minimum atomic E-state index is -0.315. The van der Waals surface area contributed by atoms with Crippen LogP contribution in [0.25, 0.3) is 10.8 Å². The maximum absolute atomic E-state index is 12.3. The summed E-state index contributed by atoms with van der Waals surface area (Å²) < 4.78 is 5.55. The molecule has 7 nitrogen and oxygen atoms in total. The van der Waals surface area contributed by atoms with Crippen molar-refractivity contribution in [3.8, 4) is 10.8 Å². The fourth-order valence-corrected chi connectivity index (χ4v) is 4.17. The number of hydrogen-bond acceptors (Lipinski definition) is 6. The van der Waals surface area contributed by atoms with Gasteiger partial charge in [0.2, 0.25) is 5.91 Å². The molecule has 1 aliphatic heterocycles. The van der Waals surface area contributed by atoms with Gasteiger partial charge in [0.1, 0.15) is 5.76 Å². The number of thiazole rings is 1. The first-order valence-electron chi connectivity index (χ1n) is 9.50. The van der Waals surface area contributed by atoms with Crippen molar-refractivity contribution in [2.45, 2.75) is 26.2 Å². The largest absolute Gasteiger partial charge is 0.459 e. The number of furan rings is 1. The van der Waals surface area contributed by atoms with Gasteiger partial charge in [0, 0.05) is 17.6 Å². The minimum absolute atomic E-state index is 0.0863. The van der Waals surface area contributed by atoms with Crippen molar-refractivity contribution in [2.24, 2.45) is 0 Å². The van der Waals surface area contributed by atoms with Gasteiger partial charge in [-0.15, -0.1) is 11.3 Å². The highest BCUT2D eigenvalue weighted by atomic mass is 32.1. The molecular formula is C21H22N4O3S. The lowest BCUT2D eigenvalue weighted by atomic mass is 10.0. The smallest absolute Gasteiger partial charge is 0.257 e. The minimum Gasteiger partial charge on any atom is -0.459 e. The van der Waals surface area contributed by atoms with E-state index in [1.54, 1.807) is 0 Å². The molecule has 0 saturated carbocycles. The maximum Gasteiger partial charge on any atom is 0.257 e. The van der Waals surface area contributed by atoms with Gasteiger partial charge >= 0.3 is 0 Å². The first kappa shape index (κ1) is 19.2. The van der Waals surface area contributed by atoms with Crippen LogP contribution in [0.15, 0.2) is 46.2 Å². The van der Waals surface area contributed by atoms with E-state index in [1.807, 2.05) is 47.5 Å². The summed E-state index contributed by atoms with van der Waals surface area (Å²) in [5, 5.41) is 2.55. The molecule has 0 saturated heterocycles. The van der Waals surface area contributed by atoms with Crippen molar-refractivity contribution < 1.29 is 14.0 Å². The second kappa shape index (κ2) is 8.48. The number of amides is 2. The third kappa shape index (κ3) is 4.65. The normalized spacial score (nSPS) is 13.1. The number of anilines is 1. The summed E-state index contributed by atoms with van der Waals surface area (Å²) in [7, 11) is 0. The van der Waals surface area contributed by atoms with Crippen LogP contribution >= 0.6 is 11.3 Å². The zero-order valence-corrected chi connectivity index (χ0v) is 16.9. The van der Waals surface area contributed by atoms with Gasteiger partial charge in [-0.3, -0.25) is 20.4 Å². The van der Waals surface area contributed by atoms with Crippen LogP contribution in [0, 0.1) is 6.92 Å². The van der Waals surface area contributed by atoms with Crippen molar-refractivity contribution in [1.29, 1.82) is 0 Å². The van der Waals surface area contributed by atoms with Crippen molar-refractivity contribution >= 4 is 28.8 Å². The molecule has 29 heavy (non-hydrogen) atoms. The highest BCUT2D eigenvalue weighted by Gasteiger charge is 2.19. The Morgan fingerprint density at radius 2 is 2.00 bits per heavy atom. The van der Waals surface area contributed by atoms with Gasteiger partial charge < -0.3 is 9.32 Å². The molecule has 0 aliphatic carbocycles. The molecule has 0 unspecified atom stereocenters. The second-order valence-electron chi connectivity index (χ2n) is 6.98. The Labute approximate surface area is 172 Å². The summed E-state index contributed by atoms with van der Waals surface area (Å²) >= 11 is 1.42. The molecule has 1 aromatic carbocycles. The SMILES string of the molecule is Cc1ccc(-c2nc(CC(=O)NNC(=O)CN3CCCc4ccccc43)cs2)o1. The number of aromatic nitrogens is 1. The molecule has 8 heteroatoms. The molecule has 0 spiro atoms. The summed E-state index contributed by atoms with van der Waals surface area (Å²) in [4.78, 5) is 30.9. The quantitative estimate of drug-likeness (QED) is 0.632. The molecule has 0 bridgehead atoms. The Bertz CT molecular complexity index is 1030. The number of nitrogens with zero attached hydrogens (tertiary/aromatic N) is 2. The van der Waals surface area contributed by atoms with Gasteiger partial charge in [-0.05, 0) is 43.5 Å². The Kier molecular flexibility index (Phi) is 5.62. The Balaban J connectivity index is 1.27. The third-order valence-electron chi connectivity index (χ3n) is 4.73. The highest BCUT2D eigenvalue weighted by molar-refractivity contribution is 7.13. The van der Waals surface area contributed by atoms with E-state index in [2.05, 4.69) is 21.9 Å². The molecule has 0 radical (unpaired) electrons. The van der Waals surface area contributed by atoms with Crippen molar-refractivity contribution in [3.05, 3.63) is 58.8 Å². The molecular weight excluding hydrogens is 388 g/mol. The van der Waals surface area contributed by atoms with E-state index in [0.29, 0.717) is 11.5 Å². The zero-order valence-electron chi connectivity index (χ0n) is 16.1. The van der Waals surface area contributed by atoms with Gasteiger partial charge in [-0.2, -0.15) is 0 Å². The Hall–Kier alpha value is -3.13. The van der Waals surface area contributed by atoms with Crippen LogP contribution in [0.3, 0.4) is 0 Å². The monoisotopic (exact) mass is 410 g/mol. The number of rotatable bonds is 5. The fraction of sp³-hybridized carbons (Fsp3) is 0.286. The molecule has 4 rings (SSSR count). The number of hydrogen-bond donors (Lipinski definition) is 2. The molecule has 2 amide bonds. The number of benzene rings is 1. The van der Waals surface area contributed by atoms with Crippen molar-refractivity contribution in [3.63, 3.8) is 0 Å². The van der Waals surface area contributed by atoms with Gasteiger partial charge in [0.15, 0.2) is 10.8 Å². The molecule has 0 atom stereocenters. The van der Waals surface area contributed by atoms with Gasteiger partial charge in [-0.1, -0.05) is 18.2 Å². The second-order valence-corrected chi connectivity index (χ2v) is 7.84. The number of carbonyl (C=O) groups excluding carboxylic acids is 2. The van der Waals surface area contributed by atoms with Crippen LogP contribution in [-0.4, -0.2) is 29.9 Å². The molecule has 2 aromatic heterocycles. The van der Waals surface area contributed by atoms with Gasteiger partial charge in [0.05, 0.1) is 18.7 Å². The lowest BCUT2D eigenvalue weighted by Crippen LogP contribution is -2.47. The van der Waals surface area contributed by atoms with Crippen LogP contribution in [-0.2, 0) is 22.4 Å². The van der Waals surface area contributed by atoms with E-state index in [1.165, 1.54) is 16.9 Å². The van der Waals surface area contributed by atoms with Crippen LogP contribution in [0.5, 0.6) is 0 Å². The van der Waals surface area contributed by atoms with E-state index in [4.69, 9.17) is 4.42 Å². The fourth-order valence-electron chi connectivity index (χ4n) is 3.39. The average Bonchev–Trinajstić information content (AvgIpc) is 3.35. The summed E-state index contributed by atoms with van der Waals surface area (Å²) in [5.41, 5.74) is 7.95. The van der Waals surface area contributed by atoms with E-state index in [0.717, 1.165) is 35.8 Å². The topological polar surface area (TPSA) is 87.5 Å². The first-order chi connectivity index (χ1) is 14.1. The number of para-hydroxylation sites is 1. The van der Waals surface area contributed by atoms with E-state index in [-0.39, 0.29) is 24.8 Å². The predicted molar refractivity (Wildman–Crippen MR) is 112 cm³/mol. The highest BCUT2D eigenvalue weighted by Crippen LogP contribution is 2.26. The van der Waals surface area contributed by atoms with Crippen LogP contribution in [0.4, 0.5) is 5.69 Å². The average molecular weight is 410 g/mol. The predicted octanol–water partition coefficient (Wildman–Crippen LogP) is 2.85. The third-order valence-corrected chi connectivity index (χ3v) is 5.63. The van der Waals surface area contributed by atoms with Crippen LogP contribution in [0.2, 0.25) is 0 Å². The number of aryl methyl sites for hydroxylation is 2. The van der Waals surface area contributed by atoms with Crippen LogP contribution in [0.1, 0.15) is 23.4 Å². The van der Waals surface area contributed by atoms with Crippen molar-refractivity contribution in [1.82, 2.24) is 15.8 Å². The summed E-state index contributed by atoms with van der Waals surface area (Å²) in [6.45, 7) is 2.90. The molecule has 1 aliphatic rings. The number of nitrogens with one attached hydrogen (secondary N) is 2. The number of carbonyl (C=O) groups is 2. The molecule has 3 heterocycles. The van der Waals surface area contributed by atoms with E-state index < -0.39 is 0 Å². The lowest BCUT2D eigenvalue weighted by Gasteiger charge is -2.30.